The van der Waals surface area contributed by atoms with E-state index >= 15 is 0 Å². The molecule has 2 aromatic carbocycles. The number of hydrogen-bond acceptors (Lipinski definition) is 2. The molecule has 2 rings (SSSR count). The molecule has 0 saturated heterocycles. The number of rotatable bonds is 3. The lowest BCUT2D eigenvalue weighted by molar-refractivity contribution is -0.142. The molecular formula is C17H20O2. The Balaban J connectivity index is 0.000000224. The van der Waals surface area contributed by atoms with Gasteiger partial charge >= 0.3 is 5.97 Å². The maximum Gasteiger partial charge on any atom is 0.305 e. The first-order valence-corrected chi connectivity index (χ1v) is 6.54. The molecule has 0 unspecified atom stereocenters. The van der Waals surface area contributed by atoms with Gasteiger partial charge in [0.25, 0.3) is 0 Å². The third-order valence-electron chi connectivity index (χ3n) is 2.47. The lowest BCUT2D eigenvalue weighted by Crippen LogP contribution is -2.00. The molecule has 0 atom stereocenters. The molecule has 0 heterocycles. The average molecular weight is 256 g/mol. The zero-order valence-electron chi connectivity index (χ0n) is 11.5. The predicted octanol–water partition coefficient (Wildman–Crippen LogP) is 4.31. The van der Waals surface area contributed by atoms with Gasteiger partial charge in [0, 0.05) is 6.42 Å². The molecule has 2 aromatic rings. The van der Waals surface area contributed by atoms with Crippen molar-refractivity contribution in [2.45, 2.75) is 20.3 Å². The molecule has 0 spiro atoms. The highest BCUT2D eigenvalue weighted by Crippen LogP contribution is 2.17. The van der Waals surface area contributed by atoms with Gasteiger partial charge in [-0.1, -0.05) is 67.6 Å². The molecular weight excluding hydrogens is 236 g/mol. The summed E-state index contributed by atoms with van der Waals surface area (Å²) in [6, 6.07) is 20.8. The third-order valence-corrected chi connectivity index (χ3v) is 2.47. The van der Waals surface area contributed by atoms with E-state index in [0.717, 1.165) is 0 Å². The molecule has 2 heteroatoms. The van der Waals surface area contributed by atoms with E-state index in [9.17, 15) is 4.79 Å². The number of esters is 1. The first kappa shape index (κ1) is 15.0. The Labute approximate surface area is 115 Å². The molecule has 0 aliphatic rings. The molecule has 0 aliphatic heterocycles. The van der Waals surface area contributed by atoms with Gasteiger partial charge in [-0.3, -0.25) is 4.79 Å². The van der Waals surface area contributed by atoms with E-state index in [-0.39, 0.29) is 5.97 Å². The summed E-state index contributed by atoms with van der Waals surface area (Å²) in [6.45, 7) is 4.07. The Kier molecular flexibility index (Phi) is 7.03. The molecule has 0 amide bonds. The lowest BCUT2D eigenvalue weighted by atomic mass is 10.1. The molecule has 0 bridgehead atoms. The summed E-state index contributed by atoms with van der Waals surface area (Å²) in [4.78, 5) is 10.2. The van der Waals surface area contributed by atoms with Crippen LogP contribution in [0, 0.1) is 0 Å². The Morgan fingerprint density at radius 3 is 1.53 bits per heavy atom. The Hall–Kier alpha value is -2.09. The van der Waals surface area contributed by atoms with Crippen molar-refractivity contribution in [3.05, 3.63) is 60.7 Å². The molecule has 100 valence electrons. The molecule has 0 fully saturated rings. The monoisotopic (exact) mass is 256 g/mol. The van der Waals surface area contributed by atoms with Gasteiger partial charge in [-0.15, -0.1) is 0 Å². The minimum Gasteiger partial charge on any atom is -0.466 e. The number of carbonyl (C=O) groups excluding carboxylic acids is 1. The van der Waals surface area contributed by atoms with Gasteiger partial charge in [-0.2, -0.15) is 0 Å². The second-order valence-electron chi connectivity index (χ2n) is 3.89. The van der Waals surface area contributed by atoms with Crippen LogP contribution in [0.2, 0.25) is 0 Å². The maximum absolute atomic E-state index is 10.2. The highest BCUT2D eigenvalue weighted by molar-refractivity contribution is 5.68. The van der Waals surface area contributed by atoms with Crippen molar-refractivity contribution in [3.8, 4) is 11.1 Å². The van der Waals surface area contributed by atoms with Crippen LogP contribution < -0.4 is 0 Å². The van der Waals surface area contributed by atoms with Crippen LogP contribution in [0.15, 0.2) is 60.7 Å². The Morgan fingerprint density at radius 2 is 1.26 bits per heavy atom. The summed E-state index contributed by atoms with van der Waals surface area (Å²) in [5, 5.41) is 0. The molecule has 19 heavy (non-hydrogen) atoms. The minimum atomic E-state index is -0.123. The molecule has 0 radical (unpaired) electrons. The fourth-order valence-corrected chi connectivity index (χ4v) is 1.52. The standard InChI is InChI=1S/C12H10.C5H10O2/c1-3-7-11(8-4-1)12-9-5-2-6-10-12;1-3-5(6)7-4-2/h1-10H;3-4H2,1-2H3. The van der Waals surface area contributed by atoms with Crippen LogP contribution in [0.25, 0.3) is 11.1 Å². The summed E-state index contributed by atoms with van der Waals surface area (Å²) < 4.78 is 4.55. The quantitative estimate of drug-likeness (QED) is 0.765. The fraction of sp³-hybridized carbons (Fsp3) is 0.235. The van der Waals surface area contributed by atoms with Crippen molar-refractivity contribution in [2.75, 3.05) is 6.61 Å². The predicted molar refractivity (Wildman–Crippen MR) is 78.8 cm³/mol. The van der Waals surface area contributed by atoms with Crippen LogP contribution >= 0.6 is 0 Å². The minimum absolute atomic E-state index is 0.123. The van der Waals surface area contributed by atoms with Crippen LogP contribution in [-0.4, -0.2) is 12.6 Å². The Bertz CT molecular complexity index is 426. The second-order valence-corrected chi connectivity index (χ2v) is 3.89. The number of benzene rings is 2. The van der Waals surface area contributed by atoms with Crippen molar-refractivity contribution >= 4 is 5.97 Å². The van der Waals surface area contributed by atoms with E-state index in [1.54, 1.807) is 13.8 Å². The highest BCUT2D eigenvalue weighted by atomic mass is 16.5. The number of hydrogen-bond donors (Lipinski definition) is 0. The van der Waals surface area contributed by atoms with Gasteiger partial charge in [0.05, 0.1) is 6.61 Å². The van der Waals surface area contributed by atoms with Crippen LogP contribution in [0.4, 0.5) is 0 Å². The second kappa shape index (κ2) is 8.92. The van der Waals surface area contributed by atoms with Crippen molar-refractivity contribution in [3.63, 3.8) is 0 Å². The highest BCUT2D eigenvalue weighted by Gasteiger charge is 1.92. The van der Waals surface area contributed by atoms with Gasteiger partial charge in [0.1, 0.15) is 0 Å². The zero-order valence-corrected chi connectivity index (χ0v) is 11.5. The van der Waals surface area contributed by atoms with Crippen molar-refractivity contribution in [2.24, 2.45) is 0 Å². The lowest BCUT2D eigenvalue weighted by Gasteiger charge is -1.98. The number of carbonyl (C=O) groups is 1. The third kappa shape index (κ3) is 5.87. The van der Waals surface area contributed by atoms with E-state index < -0.39 is 0 Å². The van der Waals surface area contributed by atoms with E-state index in [4.69, 9.17) is 0 Å². The van der Waals surface area contributed by atoms with Gasteiger partial charge in [-0.25, -0.2) is 0 Å². The van der Waals surface area contributed by atoms with E-state index in [2.05, 4.69) is 53.3 Å². The summed E-state index contributed by atoms with van der Waals surface area (Å²) in [5.74, 6) is -0.123. The van der Waals surface area contributed by atoms with Crippen molar-refractivity contribution in [1.29, 1.82) is 0 Å². The van der Waals surface area contributed by atoms with Gasteiger partial charge in [-0.05, 0) is 18.1 Å². The van der Waals surface area contributed by atoms with Crippen molar-refractivity contribution < 1.29 is 9.53 Å². The Morgan fingerprint density at radius 1 is 0.842 bits per heavy atom. The molecule has 2 nitrogen and oxygen atoms in total. The summed E-state index contributed by atoms with van der Waals surface area (Å²) in [7, 11) is 0. The molecule has 0 aromatic heterocycles. The molecule has 0 N–H and O–H groups in total. The maximum atomic E-state index is 10.2. The van der Waals surface area contributed by atoms with Crippen LogP contribution in [0.5, 0.6) is 0 Å². The fourth-order valence-electron chi connectivity index (χ4n) is 1.52. The normalized spacial score (nSPS) is 9.16. The van der Waals surface area contributed by atoms with Crippen LogP contribution in [0.3, 0.4) is 0 Å². The van der Waals surface area contributed by atoms with Crippen molar-refractivity contribution in [1.82, 2.24) is 0 Å². The smallest absolute Gasteiger partial charge is 0.305 e. The van der Waals surface area contributed by atoms with Gasteiger partial charge < -0.3 is 4.74 Å². The van der Waals surface area contributed by atoms with Crippen LogP contribution in [0.1, 0.15) is 20.3 Å². The topological polar surface area (TPSA) is 26.3 Å². The zero-order chi connectivity index (χ0) is 13.9. The van der Waals surface area contributed by atoms with E-state index in [0.29, 0.717) is 13.0 Å². The first-order valence-electron chi connectivity index (χ1n) is 6.54. The average Bonchev–Trinajstić information content (AvgIpc) is 2.50. The van der Waals surface area contributed by atoms with Crippen LogP contribution in [-0.2, 0) is 9.53 Å². The number of ether oxygens (including phenoxy) is 1. The van der Waals surface area contributed by atoms with Gasteiger partial charge in [0.2, 0.25) is 0 Å². The van der Waals surface area contributed by atoms with Gasteiger partial charge in [0.15, 0.2) is 0 Å². The first-order chi connectivity index (χ1) is 9.27. The summed E-state index contributed by atoms with van der Waals surface area (Å²) >= 11 is 0. The summed E-state index contributed by atoms with van der Waals surface area (Å²) in [6.07, 6.45) is 0.480. The largest absolute Gasteiger partial charge is 0.466 e. The summed E-state index contributed by atoms with van der Waals surface area (Å²) in [5.41, 5.74) is 2.55. The van der Waals surface area contributed by atoms with E-state index in [1.165, 1.54) is 11.1 Å². The SMILES string of the molecule is CCOC(=O)CC.c1ccc(-c2ccccc2)cc1. The van der Waals surface area contributed by atoms with E-state index in [1.807, 2.05) is 12.1 Å². The molecule has 0 saturated carbocycles. The molecule has 0 aliphatic carbocycles.